The van der Waals surface area contributed by atoms with E-state index in [1.165, 1.54) is 0 Å². The van der Waals surface area contributed by atoms with E-state index in [4.69, 9.17) is 0 Å². The molecule has 0 heterocycles. The molecule has 0 bridgehead atoms. The molecule has 1 aromatic rings. The maximum atomic E-state index is 11.8. The molecule has 0 aromatic heterocycles. The van der Waals surface area contributed by atoms with Gasteiger partial charge >= 0.3 is 5.97 Å². The molecule has 1 unspecified atom stereocenters. The number of rotatable bonds is 7. The van der Waals surface area contributed by atoms with Gasteiger partial charge < -0.3 is 5.11 Å². The maximum absolute atomic E-state index is 11.8. The van der Waals surface area contributed by atoms with Crippen LogP contribution in [0.4, 0.5) is 0 Å². The summed E-state index contributed by atoms with van der Waals surface area (Å²) in [5.74, 6) is -0.803. The van der Waals surface area contributed by atoms with Crippen LogP contribution < -0.4 is 5.32 Å². The van der Waals surface area contributed by atoms with Crippen molar-refractivity contribution in [2.24, 2.45) is 0 Å². The molecule has 0 fully saturated rings. The summed E-state index contributed by atoms with van der Waals surface area (Å²) < 4.78 is 0. The van der Waals surface area contributed by atoms with E-state index < -0.39 is 11.5 Å². The third-order valence-electron chi connectivity index (χ3n) is 3.60. The third kappa shape index (κ3) is 2.91. The van der Waals surface area contributed by atoms with Gasteiger partial charge in [0.05, 0.1) is 0 Å². The lowest BCUT2D eigenvalue weighted by Crippen LogP contribution is -2.52. The fraction of sp³-hybridized carbons (Fsp3) is 0.533. The lowest BCUT2D eigenvalue weighted by Gasteiger charge is -2.34. The van der Waals surface area contributed by atoms with Gasteiger partial charge in [0.15, 0.2) is 0 Å². The molecule has 100 valence electrons. The Morgan fingerprint density at radius 1 is 1.22 bits per heavy atom. The fourth-order valence-corrected chi connectivity index (χ4v) is 2.29. The van der Waals surface area contributed by atoms with Crippen molar-refractivity contribution in [1.82, 2.24) is 5.32 Å². The number of benzene rings is 1. The zero-order valence-electron chi connectivity index (χ0n) is 11.4. The second kappa shape index (κ2) is 6.55. The first-order valence-corrected chi connectivity index (χ1v) is 6.67. The second-order valence-corrected chi connectivity index (χ2v) is 4.59. The van der Waals surface area contributed by atoms with Crippen LogP contribution in [0.2, 0.25) is 0 Å². The second-order valence-electron chi connectivity index (χ2n) is 4.59. The minimum Gasteiger partial charge on any atom is -0.480 e. The van der Waals surface area contributed by atoms with Crippen LogP contribution in [0.5, 0.6) is 0 Å². The Bertz CT molecular complexity index is 373. The monoisotopic (exact) mass is 249 g/mol. The lowest BCUT2D eigenvalue weighted by molar-refractivity contribution is -0.146. The Morgan fingerprint density at radius 2 is 1.78 bits per heavy atom. The number of hydrogen-bond acceptors (Lipinski definition) is 2. The Labute approximate surface area is 109 Å². The predicted molar refractivity (Wildman–Crippen MR) is 73.6 cm³/mol. The average molecular weight is 249 g/mol. The highest BCUT2D eigenvalue weighted by atomic mass is 16.4. The molecule has 0 saturated heterocycles. The number of carboxylic acid groups (broad SMARTS) is 1. The van der Waals surface area contributed by atoms with Crippen molar-refractivity contribution in [3.05, 3.63) is 35.9 Å². The molecular formula is C15H23NO2. The highest BCUT2D eigenvalue weighted by molar-refractivity contribution is 5.80. The summed E-state index contributed by atoms with van der Waals surface area (Å²) >= 11 is 0. The summed E-state index contributed by atoms with van der Waals surface area (Å²) in [4.78, 5) is 11.8. The van der Waals surface area contributed by atoms with Crippen molar-refractivity contribution in [3.63, 3.8) is 0 Å². The first-order valence-electron chi connectivity index (χ1n) is 6.67. The summed E-state index contributed by atoms with van der Waals surface area (Å²) in [5, 5.41) is 13.0. The topological polar surface area (TPSA) is 49.3 Å². The summed E-state index contributed by atoms with van der Waals surface area (Å²) in [6.07, 6.45) is 2.39. The standard InChI is InChI=1S/C15H23NO2/c1-4-13(5-2)16-15(6-3,14(17)18)12-10-8-7-9-11-12/h7-11,13,16H,4-6H2,1-3H3,(H,17,18). The molecule has 0 spiro atoms. The minimum absolute atomic E-state index is 0.223. The Morgan fingerprint density at radius 3 is 2.17 bits per heavy atom. The highest BCUT2D eigenvalue weighted by Gasteiger charge is 2.39. The van der Waals surface area contributed by atoms with E-state index in [-0.39, 0.29) is 6.04 Å². The Hall–Kier alpha value is -1.35. The van der Waals surface area contributed by atoms with Crippen LogP contribution in [0.15, 0.2) is 30.3 Å². The minimum atomic E-state index is -0.974. The molecule has 0 amide bonds. The molecule has 0 aliphatic carbocycles. The lowest BCUT2D eigenvalue weighted by atomic mass is 9.86. The van der Waals surface area contributed by atoms with Crippen molar-refractivity contribution >= 4 is 5.97 Å². The predicted octanol–water partition coefficient (Wildman–Crippen LogP) is 3.15. The van der Waals surface area contributed by atoms with Gasteiger partial charge in [-0.1, -0.05) is 51.1 Å². The first-order chi connectivity index (χ1) is 8.60. The summed E-state index contributed by atoms with van der Waals surface area (Å²) in [7, 11) is 0. The van der Waals surface area contributed by atoms with Gasteiger partial charge in [-0.15, -0.1) is 0 Å². The van der Waals surface area contributed by atoms with Gasteiger partial charge in [-0.05, 0) is 24.8 Å². The summed E-state index contributed by atoms with van der Waals surface area (Å²) in [6, 6.07) is 9.67. The smallest absolute Gasteiger partial charge is 0.328 e. The van der Waals surface area contributed by atoms with Crippen LogP contribution >= 0.6 is 0 Å². The zero-order chi connectivity index (χ0) is 13.6. The van der Waals surface area contributed by atoms with Crippen molar-refractivity contribution in [2.75, 3.05) is 0 Å². The van der Waals surface area contributed by atoms with Crippen LogP contribution in [0, 0.1) is 0 Å². The van der Waals surface area contributed by atoms with E-state index >= 15 is 0 Å². The maximum Gasteiger partial charge on any atom is 0.328 e. The van der Waals surface area contributed by atoms with Gasteiger partial charge in [0.25, 0.3) is 0 Å². The van der Waals surface area contributed by atoms with Gasteiger partial charge in [0.1, 0.15) is 5.54 Å². The van der Waals surface area contributed by atoms with Crippen molar-refractivity contribution in [1.29, 1.82) is 0 Å². The molecule has 2 N–H and O–H groups in total. The molecule has 18 heavy (non-hydrogen) atoms. The molecular weight excluding hydrogens is 226 g/mol. The quantitative estimate of drug-likeness (QED) is 0.780. The van der Waals surface area contributed by atoms with Gasteiger partial charge in [0, 0.05) is 6.04 Å². The van der Waals surface area contributed by atoms with Gasteiger partial charge in [-0.3, -0.25) is 5.32 Å². The Kier molecular flexibility index (Phi) is 5.35. The number of carbonyl (C=O) groups is 1. The Balaban J connectivity index is 3.14. The summed E-state index contributed by atoms with van der Waals surface area (Å²) in [5.41, 5.74) is -0.148. The summed E-state index contributed by atoms with van der Waals surface area (Å²) in [6.45, 7) is 6.07. The van der Waals surface area contributed by atoms with Gasteiger partial charge in [0.2, 0.25) is 0 Å². The molecule has 1 aromatic carbocycles. The molecule has 3 heteroatoms. The number of carboxylic acids is 1. The van der Waals surface area contributed by atoms with Gasteiger partial charge in [-0.25, -0.2) is 4.79 Å². The van der Waals surface area contributed by atoms with Crippen LogP contribution in [0.25, 0.3) is 0 Å². The van der Waals surface area contributed by atoms with Crippen molar-refractivity contribution < 1.29 is 9.90 Å². The number of aliphatic carboxylic acids is 1. The SMILES string of the molecule is CCC(CC)NC(CC)(C(=O)O)c1ccccc1. The third-order valence-corrected chi connectivity index (χ3v) is 3.60. The molecule has 1 rings (SSSR count). The van der Waals surface area contributed by atoms with E-state index in [1.54, 1.807) is 0 Å². The molecule has 0 saturated carbocycles. The van der Waals surface area contributed by atoms with E-state index in [9.17, 15) is 9.90 Å². The fourth-order valence-electron chi connectivity index (χ4n) is 2.29. The largest absolute Gasteiger partial charge is 0.480 e. The van der Waals surface area contributed by atoms with Gasteiger partial charge in [-0.2, -0.15) is 0 Å². The molecule has 0 aliphatic heterocycles. The van der Waals surface area contributed by atoms with Crippen molar-refractivity contribution in [3.8, 4) is 0 Å². The molecule has 0 radical (unpaired) electrons. The highest BCUT2D eigenvalue weighted by Crippen LogP contribution is 2.27. The average Bonchev–Trinajstić information content (AvgIpc) is 2.41. The first kappa shape index (κ1) is 14.7. The van der Waals surface area contributed by atoms with E-state index in [0.717, 1.165) is 18.4 Å². The molecule has 3 nitrogen and oxygen atoms in total. The van der Waals surface area contributed by atoms with E-state index in [0.29, 0.717) is 6.42 Å². The van der Waals surface area contributed by atoms with Crippen LogP contribution in [-0.2, 0) is 10.3 Å². The molecule has 1 atom stereocenters. The van der Waals surface area contributed by atoms with Crippen LogP contribution in [0.1, 0.15) is 45.6 Å². The van der Waals surface area contributed by atoms with Crippen molar-refractivity contribution in [2.45, 2.75) is 51.6 Å². The normalized spacial score (nSPS) is 14.4. The number of nitrogens with one attached hydrogen (secondary N) is 1. The van der Waals surface area contributed by atoms with E-state index in [1.807, 2.05) is 37.3 Å². The van der Waals surface area contributed by atoms with Crippen LogP contribution in [-0.4, -0.2) is 17.1 Å². The van der Waals surface area contributed by atoms with Crippen LogP contribution in [0.3, 0.4) is 0 Å². The van der Waals surface area contributed by atoms with E-state index in [2.05, 4.69) is 19.2 Å². The number of hydrogen-bond donors (Lipinski definition) is 2. The molecule has 0 aliphatic rings. The zero-order valence-corrected chi connectivity index (χ0v) is 11.4.